The minimum absolute atomic E-state index is 0.0629. The number of hydrogen-bond donors (Lipinski definition) is 1. The monoisotopic (exact) mass is 316 g/mol. The van der Waals surface area contributed by atoms with Crippen LogP contribution in [0.25, 0.3) is 10.2 Å². The van der Waals surface area contributed by atoms with Gasteiger partial charge in [0.1, 0.15) is 4.83 Å². The largest absolute Gasteiger partial charge is 0.298 e. The van der Waals surface area contributed by atoms with Crippen molar-refractivity contribution in [3.8, 4) is 0 Å². The predicted molar refractivity (Wildman–Crippen MR) is 83.0 cm³/mol. The van der Waals surface area contributed by atoms with Crippen LogP contribution in [0.4, 0.5) is 0 Å². The fourth-order valence-electron chi connectivity index (χ4n) is 3.03. The number of nitrogens with one attached hydrogen (secondary N) is 1. The van der Waals surface area contributed by atoms with E-state index in [-0.39, 0.29) is 5.56 Å². The molecule has 4 rings (SSSR count). The topological polar surface area (TPSA) is 89.4 Å². The van der Waals surface area contributed by atoms with Gasteiger partial charge in [0.25, 0.3) is 5.56 Å². The molecule has 0 aliphatic heterocycles. The third kappa shape index (κ3) is 2.33. The van der Waals surface area contributed by atoms with Gasteiger partial charge in [0.15, 0.2) is 5.82 Å². The molecule has 0 aromatic carbocycles. The van der Waals surface area contributed by atoms with Crippen LogP contribution in [0.15, 0.2) is 11.1 Å². The molecule has 0 spiro atoms. The van der Waals surface area contributed by atoms with Crippen LogP contribution >= 0.6 is 11.3 Å². The van der Waals surface area contributed by atoms with Gasteiger partial charge >= 0.3 is 0 Å². The zero-order chi connectivity index (χ0) is 14.9. The summed E-state index contributed by atoms with van der Waals surface area (Å²) in [6.07, 6.45) is 7.91. The molecule has 0 saturated heterocycles. The average molecular weight is 316 g/mol. The number of tetrazole rings is 1. The molecule has 114 valence electrons. The number of aromatic nitrogens is 6. The van der Waals surface area contributed by atoms with Crippen LogP contribution in [-0.2, 0) is 25.8 Å². The molecule has 3 heterocycles. The second-order valence-corrected chi connectivity index (χ2v) is 6.65. The first-order chi connectivity index (χ1) is 10.8. The van der Waals surface area contributed by atoms with Crippen LogP contribution in [0.3, 0.4) is 0 Å². The Morgan fingerprint density at radius 3 is 3.05 bits per heavy atom. The second kappa shape index (κ2) is 5.60. The van der Waals surface area contributed by atoms with E-state index in [1.54, 1.807) is 22.2 Å². The van der Waals surface area contributed by atoms with Crippen molar-refractivity contribution in [1.82, 2.24) is 30.2 Å². The van der Waals surface area contributed by atoms with E-state index < -0.39 is 0 Å². The molecule has 22 heavy (non-hydrogen) atoms. The standard InChI is InChI=1S/C14H16N6OS/c21-14-12-9-4-2-1-3-5-10(9)22-13(12)15-8-20(14)7-6-11-16-18-19-17-11/h8H,1-7H2,(H,16,17,18,19). The SMILES string of the molecule is O=c1c2c3c(sc2ncn1CCc1nn[nH]n1)CCCCC3. The summed E-state index contributed by atoms with van der Waals surface area (Å²) < 4.78 is 1.66. The van der Waals surface area contributed by atoms with Crippen molar-refractivity contribution in [3.05, 3.63) is 32.9 Å². The van der Waals surface area contributed by atoms with Crippen molar-refractivity contribution in [3.63, 3.8) is 0 Å². The molecule has 1 aliphatic rings. The maximum absolute atomic E-state index is 12.8. The predicted octanol–water partition coefficient (Wildman–Crippen LogP) is 1.48. The maximum Gasteiger partial charge on any atom is 0.262 e. The third-order valence-corrected chi connectivity index (χ3v) is 5.36. The molecule has 3 aromatic heterocycles. The van der Waals surface area contributed by atoms with Crippen LogP contribution in [0.1, 0.15) is 35.5 Å². The number of fused-ring (bicyclic) bond motifs is 3. The van der Waals surface area contributed by atoms with Gasteiger partial charge in [-0.25, -0.2) is 4.98 Å². The number of nitrogens with zero attached hydrogens (tertiary/aromatic N) is 5. The number of aryl methyl sites for hydroxylation is 4. The lowest BCUT2D eigenvalue weighted by molar-refractivity contribution is 0.643. The summed E-state index contributed by atoms with van der Waals surface area (Å²) in [6.45, 7) is 0.520. The summed E-state index contributed by atoms with van der Waals surface area (Å²) in [7, 11) is 0. The first-order valence-corrected chi connectivity index (χ1v) is 8.36. The summed E-state index contributed by atoms with van der Waals surface area (Å²) in [5.41, 5.74) is 1.30. The summed E-state index contributed by atoms with van der Waals surface area (Å²) in [4.78, 5) is 19.5. The highest BCUT2D eigenvalue weighted by molar-refractivity contribution is 7.18. The van der Waals surface area contributed by atoms with E-state index in [0.29, 0.717) is 18.8 Å². The Bertz CT molecular complexity index is 850. The lowest BCUT2D eigenvalue weighted by Gasteiger charge is -2.04. The molecular weight excluding hydrogens is 300 g/mol. The molecule has 0 amide bonds. The van der Waals surface area contributed by atoms with Crippen molar-refractivity contribution >= 4 is 21.6 Å². The van der Waals surface area contributed by atoms with Gasteiger partial charge in [0.05, 0.1) is 11.7 Å². The lowest BCUT2D eigenvalue weighted by atomic mass is 10.1. The van der Waals surface area contributed by atoms with Crippen molar-refractivity contribution < 1.29 is 0 Å². The Balaban J connectivity index is 1.73. The first-order valence-electron chi connectivity index (χ1n) is 7.55. The van der Waals surface area contributed by atoms with E-state index in [2.05, 4.69) is 25.6 Å². The van der Waals surface area contributed by atoms with Crippen LogP contribution in [0, 0.1) is 0 Å². The summed E-state index contributed by atoms with van der Waals surface area (Å²) in [5.74, 6) is 0.608. The summed E-state index contributed by atoms with van der Waals surface area (Å²) in [6, 6.07) is 0. The van der Waals surface area contributed by atoms with E-state index >= 15 is 0 Å². The molecular formula is C14H16N6OS. The van der Waals surface area contributed by atoms with Gasteiger partial charge in [-0.3, -0.25) is 9.36 Å². The highest BCUT2D eigenvalue weighted by atomic mass is 32.1. The summed E-state index contributed by atoms with van der Waals surface area (Å²) >= 11 is 1.69. The summed E-state index contributed by atoms with van der Waals surface area (Å²) in [5, 5.41) is 14.6. The van der Waals surface area contributed by atoms with Gasteiger partial charge in [-0.2, -0.15) is 5.21 Å². The number of hydrogen-bond acceptors (Lipinski definition) is 6. The number of thiophene rings is 1. The molecule has 0 saturated carbocycles. The molecule has 0 unspecified atom stereocenters. The molecule has 1 aliphatic carbocycles. The highest BCUT2D eigenvalue weighted by Gasteiger charge is 2.19. The highest BCUT2D eigenvalue weighted by Crippen LogP contribution is 2.32. The molecule has 7 nitrogen and oxygen atoms in total. The van der Waals surface area contributed by atoms with Crippen LogP contribution in [0.5, 0.6) is 0 Å². The van der Waals surface area contributed by atoms with E-state index in [0.717, 1.165) is 29.5 Å². The van der Waals surface area contributed by atoms with E-state index in [1.165, 1.54) is 23.3 Å². The molecule has 0 atom stereocenters. The molecule has 8 heteroatoms. The van der Waals surface area contributed by atoms with Crippen LogP contribution < -0.4 is 5.56 Å². The van der Waals surface area contributed by atoms with Gasteiger partial charge in [0.2, 0.25) is 0 Å². The number of aromatic amines is 1. The molecule has 1 N–H and O–H groups in total. The Morgan fingerprint density at radius 2 is 2.18 bits per heavy atom. The molecule has 3 aromatic rings. The Hall–Kier alpha value is -2.09. The number of H-pyrrole nitrogens is 1. The minimum atomic E-state index is 0.0629. The van der Waals surface area contributed by atoms with Gasteiger partial charge in [-0.15, -0.1) is 21.5 Å². The zero-order valence-corrected chi connectivity index (χ0v) is 12.9. The van der Waals surface area contributed by atoms with E-state index in [4.69, 9.17) is 0 Å². The van der Waals surface area contributed by atoms with Crippen LogP contribution in [-0.4, -0.2) is 30.2 Å². The van der Waals surface area contributed by atoms with Crippen molar-refractivity contribution in [2.45, 2.75) is 45.1 Å². The van der Waals surface area contributed by atoms with Crippen molar-refractivity contribution in [2.75, 3.05) is 0 Å². The van der Waals surface area contributed by atoms with Crippen molar-refractivity contribution in [2.24, 2.45) is 0 Å². The fraction of sp³-hybridized carbons (Fsp3) is 0.500. The third-order valence-electron chi connectivity index (χ3n) is 4.16. The zero-order valence-electron chi connectivity index (χ0n) is 12.1. The molecule has 0 bridgehead atoms. The van der Waals surface area contributed by atoms with Gasteiger partial charge < -0.3 is 0 Å². The van der Waals surface area contributed by atoms with E-state index in [9.17, 15) is 4.79 Å². The first kappa shape index (κ1) is 13.6. The van der Waals surface area contributed by atoms with Gasteiger partial charge in [0, 0.05) is 17.8 Å². The Kier molecular flexibility index (Phi) is 3.45. The fourth-order valence-corrected chi connectivity index (χ4v) is 4.25. The minimum Gasteiger partial charge on any atom is -0.298 e. The smallest absolute Gasteiger partial charge is 0.262 e. The second-order valence-electron chi connectivity index (χ2n) is 5.57. The molecule has 0 fully saturated rings. The van der Waals surface area contributed by atoms with Crippen molar-refractivity contribution in [1.29, 1.82) is 0 Å². The quantitative estimate of drug-likeness (QED) is 0.739. The van der Waals surface area contributed by atoms with Gasteiger partial charge in [-0.05, 0) is 31.2 Å². The maximum atomic E-state index is 12.8. The molecule has 0 radical (unpaired) electrons. The lowest BCUT2D eigenvalue weighted by Crippen LogP contribution is -2.22. The van der Waals surface area contributed by atoms with Crippen LogP contribution in [0.2, 0.25) is 0 Å². The van der Waals surface area contributed by atoms with Gasteiger partial charge in [-0.1, -0.05) is 11.6 Å². The average Bonchev–Trinajstić information content (AvgIpc) is 3.10. The Labute approximate surface area is 130 Å². The normalized spacial score (nSPS) is 14.9. The Morgan fingerprint density at radius 1 is 1.27 bits per heavy atom. The number of rotatable bonds is 3. The van der Waals surface area contributed by atoms with E-state index in [1.807, 2.05) is 0 Å².